The van der Waals surface area contributed by atoms with Crippen molar-refractivity contribution in [3.05, 3.63) is 109 Å². The SMILES string of the molecule is Cc1cc(Oc2nc3c(C)cccn3c(=O)c2/C=C2/SC(=S)N(C(C)c3ccccc3)C2=O)ccc1Cl. The van der Waals surface area contributed by atoms with Crippen LogP contribution in [0.2, 0.25) is 5.02 Å². The molecule has 4 aromatic rings. The minimum absolute atomic E-state index is 0.0994. The van der Waals surface area contributed by atoms with Gasteiger partial charge in [-0.3, -0.25) is 18.9 Å². The van der Waals surface area contributed by atoms with Gasteiger partial charge < -0.3 is 4.74 Å². The molecule has 0 N–H and O–H groups in total. The Balaban J connectivity index is 1.61. The minimum Gasteiger partial charge on any atom is -0.438 e. The summed E-state index contributed by atoms with van der Waals surface area (Å²) in [6, 6.07) is 18.3. The first-order chi connectivity index (χ1) is 17.7. The molecule has 0 aliphatic carbocycles. The first kappa shape index (κ1) is 25.2. The number of aryl methyl sites for hydroxylation is 2. The van der Waals surface area contributed by atoms with Crippen molar-refractivity contribution in [2.45, 2.75) is 26.8 Å². The second kappa shape index (κ2) is 10.1. The molecule has 6 nitrogen and oxygen atoms in total. The van der Waals surface area contributed by atoms with Gasteiger partial charge >= 0.3 is 0 Å². The summed E-state index contributed by atoms with van der Waals surface area (Å²) >= 11 is 12.9. The number of halogens is 1. The molecule has 1 amide bonds. The van der Waals surface area contributed by atoms with Gasteiger partial charge in [-0.2, -0.15) is 4.98 Å². The maximum Gasteiger partial charge on any atom is 0.269 e. The summed E-state index contributed by atoms with van der Waals surface area (Å²) in [6.45, 7) is 5.66. The highest BCUT2D eigenvalue weighted by molar-refractivity contribution is 8.26. The Hall–Kier alpha value is -3.46. The number of rotatable bonds is 5. The predicted molar refractivity (Wildman–Crippen MR) is 152 cm³/mol. The van der Waals surface area contributed by atoms with E-state index in [0.29, 0.717) is 25.6 Å². The van der Waals surface area contributed by atoms with E-state index in [1.165, 1.54) is 10.5 Å². The van der Waals surface area contributed by atoms with E-state index >= 15 is 0 Å². The number of ether oxygens (including phenoxy) is 1. The van der Waals surface area contributed by atoms with Gasteiger partial charge in [0.15, 0.2) is 0 Å². The van der Waals surface area contributed by atoms with Crippen LogP contribution >= 0.6 is 35.6 Å². The van der Waals surface area contributed by atoms with E-state index in [4.69, 9.17) is 28.6 Å². The molecule has 1 aliphatic heterocycles. The smallest absolute Gasteiger partial charge is 0.269 e. The van der Waals surface area contributed by atoms with Gasteiger partial charge in [0.1, 0.15) is 21.3 Å². The lowest BCUT2D eigenvalue weighted by molar-refractivity contribution is -0.123. The van der Waals surface area contributed by atoms with Gasteiger partial charge in [-0.1, -0.05) is 72.0 Å². The van der Waals surface area contributed by atoms with Gasteiger partial charge in [-0.15, -0.1) is 0 Å². The minimum atomic E-state index is -0.351. The molecule has 1 saturated heterocycles. The van der Waals surface area contributed by atoms with Gasteiger partial charge in [0.2, 0.25) is 5.88 Å². The topological polar surface area (TPSA) is 63.9 Å². The summed E-state index contributed by atoms with van der Waals surface area (Å²) in [7, 11) is 0. The van der Waals surface area contributed by atoms with E-state index in [0.717, 1.165) is 28.5 Å². The van der Waals surface area contributed by atoms with Gasteiger partial charge in [-0.25, -0.2) is 0 Å². The molecule has 1 aliphatic rings. The molecule has 9 heteroatoms. The largest absolute Gasteiger partial charge is 0.438 e. The molecule has 0 spiro atoms. The number of amides is 1. The maximum atomic E-state index is 13.6. The fraction of sp³-hybridized carbons (Fsp3) is 0.143. The van der Waals surface area contributed by atoms with Crippen molar-refractivity contribution >= 4 is 57.5 Å². The predicted octanol–water partition coefficient (Wildman–Crippen LogP) is 6.72. The summed E-state index contributed by atoms with van der Waals surface area (Å²) in [5, 5.41) is 0.603. The summed E-state index contributed by atoms with van der Waals surface area (Å²) in [4.78, 5) is 33.7. The molecule has 2 aromatic heterocycles. The Morgan fingerprint density at radius 2 is 1.81 bits per heavy atom. The van der Waals surface area contributed by atoms with Crippen LogP contribution in [0.4, 0.5) is 0 Å². The Morgan fingerprint density at radius 1 is 1.05 bits per heavy atom. The van der Waals surface area contributed by atoms with Crippen molar-refractivity contribution < 1.29 is 9.53 Å². The van der Waals surface area contributed by atoms with Gasteiger partial charge in [0.05, 0.1) is 10.9 Å². The lowest BCUT2D eigenvalue weighted by atomic mass is 10.1. The zero-order valence-corrected chi connectivity index (χ0v) is 22.7. The van der Waals surface area contributed by atoms with Crippen molar-refractivity contribution in [2.24, 2.45) is 0 Å². The number of hydrogen-bond donors (Lipinski definition) is 0. The van der Waals surface area contributed by atoms with Crippen LogP contribution in [0.3, 0.4) is 0 Å². The number of fused-ring (bicyclic) bond motifs is 1. The van der Waals surface area contributed by atoms with Crippen LogP contribution in [0, 0.1) is 13.8 Å². The van der Waals surface area contributed by atoms with E-state index < -0.39 is 0 Å². The average Bonchev–Trinajstić information content (AvgIpc) is 3.17. The third kappa shape index (κ3) is 4.80. The van der Waals surface area contributed by atoms with Crippen molar-refractivity contribution in [3.8, 4) is 11.6 Å². The van der Waals surface area contributed by atoms with Crippen molar-refractivity contribution in [1.29, 1.82) is 0 Å². The van der Waals surface area contributed by atoms with Gasteiger partial charge in [0, 0.05) is 11.2 Å². The number of carbonyl (C=O) groups excluding carboxylic acids is 1. The maximum absolute atomic E-state index is 13.6. The fourth-order valence-corrected chi connectivity index (χ4v) is 5.63. The highest BCUT2D eigenvalue weighted by Crippen LogP contribution is 2.39. The van der Waals surface area contributed by atoms with E-state index in [-0.39, 0.29) is 29.0 Å². The highest BCUT2D eigenvalue weighted by atomic mass is 35.5. The summed E-state index contributed by atoms with van der Waals surface area (Å²) < 4.78 is 7.99. The van der Waals surface area contributed by atoms with Gasteiger partial charge in [-0.05, 0) is 67.8 Å². The third-order valence-corrected chi connectivity index (χ3v) is 7.92. The molecular weight excluding hydrogens is 526 g/mol. The second-order valence-corrected chi connectivity index (χ2v) is 10.8. The number of benzene rings is 2. The Morgan fingerprint density at radius 3 is 2.54 bits per heavy atom. The number of pyridine rings is 1. The molecule has 1 unspecified atom stereocenters. The first-order valence-electron chi connectivity index (χ1n) is 11.5. The molecule has 5 rings (SSSR count). The van der Waals surface area contributed by atoms with Crippen LogP contribution in [0.1, 0.15) is 35.2 Å². The number of nitrogens with zero attached hydrogens (tertiary/aromatic N) is 3. The Bertz CT molecular complexity index is 1650. The van der Waals surface area contributed by atoms with E-state index in [9.17, 15) is 9.59 Å². The van der Waals surface area contributed by atoms with Crippen LogP contribution in [-0.2, 0) is 4.79 Å². The van der Waals surface area contributed by atoms with Crippen LogP contribution in [0.5, 0.6) is 11.6 Å². The molecule has 37 heavy (non-hydrogen) atoms. The second-order valence-electron chi connectivity index (χ2n) is 8.67. The van der Waals surface area contributed by atoms with Crippen LogP contribution < -0.4 is 10.3 Å². The summed E-state index contributed by atoms with van der Waals surface area (Å²) in [5.41, 5.74) is 2.87. The number of aromatic nitrogens is 2. The van der Waals surface area contributed by atoms with E-state index in [2.05, 4.69) is 4.98 Å². The number of thiocarbonyl (C=S) groups is 1. The van der Waals surface area contributed by atoms with Crippen molar-refractivity contribution in [3.63, 3.8) is 0 Å². The molecule has 186 valence electrons. The number of carbonyl (C=O) groups is 1. The first-order valence-corrected chi connectivity index (χ1v) is 13.1. The summed E-state index contributed by atoms with van der Waals surface area (Å²) in [5.74, 6) is 0.308. The molecule has 1 fully saturated rings. The molecular formula is C28H22ClN3O3S2. The molecule has 1 atom stereocenters. The monoisotopic (exact) mass is 547 g/mol. The molecule has 0 radical (unpaired) electrons. The van der Waals surface area contributed by atoms with E-state index in [1.807, 2.05) is 57.2 Å². The average molecular weight is 548 g/mol. The van der Waals surface area contributed by atoms with Crippen molar-refractivity contribution in [1.82, 2.24) is 14.3 Å². The zero-order valence-electron chi connectivity index (χ0n) is 20.3. The number of hydrogen-bond acceptors (Lipinski definition) is 6. The zero-order chi connectivity index (χ0) is 26.3. The summed E-state index contributed by atoms with van der Waals surface area (Å²) in [6.07, 6.45) is 3.17. The highest BCUT2D eigenvalue weighted by Gasteiger charge is 2.36. The fourth-order valence-electron chi connectivity index (χ4n) is 4.11. The molecule has 2 aromatic carbocycles. The quantitative estimate of drug-likeness (QED) is 0.204. The van der Waals surface area contributed by atoms with E-state index in [1.54, 1.807) is 35.4 Å². The lowest BCUT2D eigenvalue weighted by Gasteiger charge is -2.23. The number of thioether (sulfide) groups is 1. The normalized spacial score (nSPS) is 15.6. The Kier molecular flexibility index (Phi) is 6.90. The lowest BCUT2D eigenvalue weighted by Crippen LogP contribution is -2.31. The Labute approximate surface area is 228 Å². The standard InChI is InChI=1S/C28H22ClN3O3S2/c1-16-8-7-13-31-24(16)30-25(35-20-11-12-22(29)17(2)14-20)21(26(31)33)15-23-27(34)32(28(36)37-23)18(3)19-9-5-4-6-10-19/h4-15,18H,1-3H3/b23-15+. The molecule has 0 saturated carbocycles. The molecule has 3 heterocycles. The van der Waals surface area contributed by atoms with Crippen LogP contribution in [0.15, 0.2) is 76.6 Å². The van der Waals surface area contributed by atoms with Crippen molar-refractivity contribution in [2.75, 3.05) is 0 Å². The van der Waals surface area contributed by atoms with Gasteiger partial charge in [0.25, 0.3) is 11.5 Å². The molecule has 0 bridgehead atoms. The van der Waals surface area contributed by atoms with Crippen LogP contribution in [-0.4, -0.2) is 24.5 Å². The van der Waals surface area contributed by atoms with Crippen LogP contribution in [0.25, 0.3) is 11.7 Å². The third-order valence-electron chi connectivity index (χ3n) is 6.16.